The molecule has 0 saturated heterocycles. The zero-order chi connectivity index (χ0) is 14.5. The van der Waals surface area contributed by atoms with Crippen molar-refractivity contribution in [3.63, 3.8) is 0 Å². The topological polar surface area (TPSA) is 34.2 Å². The molecular formula is C15H16BrFN2O. The summed E-state index contributed by atoms with van der Waals surface area (Å²) in [5.41, 5.74) is 2.06. The number of halogens is 2. The summed E-state index contributed by atoms with van der Waals surface area (Å²) in [5.74, 6) is 0.494. The van der Waals surface area contributed by atoms with E-state index in [1.54, 1.807) is 25.6 Å². The van der Waals surface area contributed by atoms with Crippen molar-refractivity contribution in [1.82, 2.24) is 10.3 Å². The van der Waals surface area contributed by atoms with E-state index in [9.17, 15) is 4.39 Å². The van der Waals surface area contributed by atoms with Gasteiger partial charge in [0.05, 0.1) is 13.3 Å². The fourth-order valence-corrected chi connectivity index (χ4v) is 2.64. The maximum absolute atomic E-state index is 13.1. The summed E-state index contributed by atoms with van der Waals surface area (Å²) < 4.78 is 19.2. The standard InChI is InChI=1S/C15H16BrFN2O/c1-18-14(12-5-6-19-9-15(12)20-2)7-10-3-4-11(17)8-13(10)16/h3-6,8-9,14,18H,7H2,1-2H3. The lowest BCUT2D eigenvalue weighted by atomic mass is 9.99. The highest BCUT2D eigenvalue weighted by molar-refractivity contribution is 9.10. The van der Waals surface area contributed by atoms with E-state index in [1.165, 1.54) is 12.1 Å². The molecule has 0 aliphatic heterocycles. The van der Waals surface area contributed by atoms with Crippen LogP contribution in [0.15, 0.2) is 41.1 Å². The first kappa shape index (κ1) is 14.9. The summed E-state index contributed by atoms with van der Waals surface area (Å²) in [4.78, 5) is 4.06. The van der Waals surface area contributed by atoms with Crippen molar-refractivity contribution < 1.29 is 9.13 Å². The van der Waals surface area contributed by atoms with E-state index in [-0.39, 0.29) is 11.9 Å². The Morgan fingerprint density at radius 1 is 1.40 bits per heavy atom. The van der Waals surface area contributed by atoms with Crippen LogP contribution in [-0.4, -0.2) is 19.1 Å². The number of aromatic nitrogens is 1. The Bertz CT molecular complexity index is 592. The first-order chi connectivity index (χ1) is 9.65. The van der Waals surface area contributed by atoms with Gasteiger partial charge in [-0.2, -0.15) is 0 Å². The van der Waals surface area contributed by atoms with Crippen LogP contribution in [-0.2, 0) is 6.42 Å². The molecule has 0 aliphatic carbocycles. The van der Waals surface area contributed by atoms with Gasteiger partial charge in [0.15, 0.2) is 0 Å². The van der Waals surface area contributed by atoms with Crippen LogP contribution in [0.25, 0.3) is 0 Å². The summed E-state index contributed by atoms with van der Waals surface area (Å²) in [7, 11) is 3.52. The van der Waals surface area contributed by atoms with E-state index in [4.69, 9.17) is 4.74 Å². The number of methoxy groups -OCH3 is 1. The molecule has 0 amide bonds. The Kier molecular flexibility index (Phi) is 5.09. The lowest BCUT2D eigenvalue weighted by Crippen LogP contribution is -2.20. The molecule has 1 unspecified atom stereocenters. The zero-order valence-electron chi connectivity index (χ0n) is 11.4. The highest BCUT2D eigenvalue weighted by Crippen LogP contribution is 2.29. The minimum atomic E-state index is -0.247. The number of pyridine rings is 1. The number of hydrogen-bond acceptors (Lipinski definition) is 3. The van der Waals surface area contributed by atoms with E-state index in [2.05, 4.69) is 26.2 Å². The zero-order valence-corrected chi connectivity index (χ0v) is 12.9. The highest BCUT2D eigenvalue weighted by atomic mass is 79.9. The van der Waals surface area contributed by atoms with Crippen LogP contribution in [0.3, 0.4) is 0 Å². The van der Waals surface area contributed by atoms with Gasteiger partial charge in [-0.25, -0.2) is 4.39 Å². The van der Waals surface area contributed by atoms with Crippen LogP contribution in [0.5, 0.6) is 5.75 Å². The fraction of sp³-hybridized carbons (Fsp3) is 0.267. The summed E-state index contributed by atoms with van der Waals surface area (Å²) >= 11 is 3.40. The quantitative estimate of drug-likeness (QED) is 0.905. The molecule has 0 aliphatic rings. The molecule has 5 heteroatoms. The Balaban J connectivity index is 2.29. The maximum Gasteiger partial charge on any atom is 0.141 e. The largest absolute Gasteiger partial charge is 0.495 e. The van der Waals surface area contributed by atoms with Crippen LogP contribution < -0.4 is 10.1 Å². The number of ether oxygens (including phenoxy) is 1. The molecule has 0 saturated carbocycles. The van der Waals surface area contributed by atoms with Gasteiger partial charge in [0.1, 0.15) is 11.6 Å². The van der Waals surface area contributed by atoms with Gasteiger partial charge in [0.25, 0.3) is 0 Å². The summed E-state index contributed by atoms with van der Waals surface area (Å²) in [5, 5.41) is 3.26. The Morgan fingerprint density at radius 3 is 2.85 bits per heavy atom. The Hall–Kier alpha value is -1.46. The van der Waals surface area contributed by atoms with Crippen molar-refractivity contribution in [1.29, 1.82) is 0 Å². The van der Waals surface area contributed by atoms with E-state index in [1.807, 2.05) is 13.1 Å². The normalized spacial score (nSPS) is 12.2. The monoisotopic (exact) mass is 338 g/mol. The smallest absolute Gasteiger partial charge is 0.141 e. The molecule has 106 valence electrons. The lowest BCUT2D eigenvalue weighted by molar-refractivity contribution is 0.399. The van der Waals surface area contributed by atoms with Crippen molar-refractivity contribution in [2.24, 2.45) is 0 Å². The van der Waals surface area contributed by atoms with Crippen LogP contribution in [0, 0.1) is 5.82 Å². The van der Waals surface area contributed by atoms with Crippen molar-refractivity contribution >= 4 is 15.9 Å². The van der Waals surface area contributed by atoms with Gasteiger partial charge in [0, 0.05) is 22.3 Å². The maximum atomic E-state index is 13.1. The molecule has 1 atom stereocenters. The summed E-state index contributed by atoms with van der Waals surface area (Å²) in [6.07, 6.45) is 4.15. The third-order valence-electron chi connectivity index (χ3n) is 3.20. The third-order valence-corrected chi connectivity index (χ3v) is 3.94. The second-order valence-corrected chi connectivity index (χ2v) is 5.25. The minimum Gasteiger partial charge on any atom is -0.495 e. The first-order valence-corrected chi connectivity index (χ1v) is 7.04. The average Bonchev–Trinajstić information content (AvgIpc) is 2.46. The third kappa shape index (κ3) is 3.35. The van der Waals surface area contributed by atoms with Gasteiger partial charge >= 0.3 is 0 Å². The molecule has 2 rings (SSSR count). The number of rotatable bonds is 5. The molecule has 1 aromatic heterocycles. The van der Waals surface area contributed by atoms with Crippen molar-refractivity contribution in [2.75, 3.05) is 14.2 Å². The van der Waals surface area contributed by atoms with Gasteiger partial charge in [-0.3, -0.25) is 4.98 Å². The van der Waals surface area contributed by atoms with Crippen molar-refractivity contribution in [2.45, 2.75) is 12.5 Å². The van der Waals surface area contributed by atoms with Crippen LogP contribution in [0.2, 0.25) is 0 Å². The molecule has 3 nitrogen and oxygen atoms in total. The van der Waals surface area contributed by atoms with Gasteiger partial charge in [-0.15, -0.1) is 0 Å². The predicted molar refractivity (Wildman–Crippen MR) is 80.4 cm³/mol. The Labute approximate surface area is 126 Å². The molecule has 0 bridgehead atoms. The van der Waals surface area contributed by atoms with Crippen molar-refractivity contribution in [3.8, 4) is 5.75 Å². The van der Waals surface area contributed by atoms with E-state index in [0.717, 1.165) is 27.8 Å². The van der Waals surface area contributed by atoms with Gasteiger partial charge < -0.3 is 10.1 Å². The molecule has 1 heterocycles. The minimum absolute atomic E-state index is 0.0645. The van der Waals surface area contributed by atoms with Crippen LogP contribution >= 0.6 is 15.9 Å². The number of hydrogen-bond donors (Lipinski definition) is 1. The van der Waals surface area contributed by atoms with Crippen LogP contribution in [0.1, 0.15) is 17.2 Å². The molecular weight excluding hydrogens is 323 g/mol. The number of likely N-dealkylation sites (N-methyl/N-ethyl adjacent to an activating group) is 1. The molecule has 1 N–H and O–H groups in total. The summed E-state index contributed by atoms with van der Waals surface area (Å²) in [6.45, 7) is 0. The van der Waals surface area contributed by atoms with Gasteiger partial charge in [-0.05, 0) is 37.2 Å². The van der Waals surface area contributed by atoms with Crippen LogP contribution in [0.4, 0.5) is 4.39 Å². The fourth-order valence-electron chi connectivity index (χ4n) is 2.12. The van der Waals surface area contributed by atoms with Crippen molar-refractivity contribution in [3.05, 3.63) is 58.1 Å². The molecule has 0 fully saturated rings. The van der Waals surface area contributed by atoms with Gasteiger partial charge in [0.2, 0.25) is 0 Å². The SMILES string of the molecule is CNC(Cc1ccc(F)cc1Br)c1ccncc1OC. The van der Waals surface area contributed by atoms with Gasteiger partial charge in [-0.1, -0.05) is 22.0 Å². The highest BCUT2D eigenvalue weighted by Gasteiger charge is 2.16. The molecule has 0 radical (unpaired) electrons. The summed E-state index contributed by atoms with van der Waals surface area (Å²) in [6, 6.07) is 6.73. The Morgan fingerprint density at radius 2 is 2.20 bits per heavy atom. The lowest BCUT2D eigenvalue weighted by Gasteiger charge is -2.19. The second-order valence-electron chi connectivity index (χ2n) is 4.40. The molecule has 0 spiro atoms. The number of nitrogens with zero attached hydrogens (tertiary/aromatic N) is 1. The molecule has 20 heavy (non-hydrogen) atoms. The molecule has 2 aromatic rings. The van der Waals surface area contributed by atoms with E-state index >= 15 is 0 Å². The molecule has 1 aromatic carbocycles. The van der Waals surface area contributed by atoms with E-state index in [0.29, 0.717) is 0 Å². The van der Waals surface area contributed by atoms with E-state index < -0.39 is 0 Å². The average molecular weight is 339 g/mol. The second kappa shape index (κ2) is 6.81. The predicted octanol–water partition coefficient (Wildman–Crippen LogP) is 3.50. The first-order valence-electron chi connectivity index (χ1n) is 6.24. The number of nitrogens with one attached hydrogen (secondary N) is 1. The number of benzene rings is 1.